The molecule has 0 spiro atoms. The monoisotopic (exact) mass is 606 g/mol. The van der Waals surface area contributed by atoms with E-state index in [2.05, 4.69) is 182 Å². The van der Waals surface area contributed by atoms with Crippen molar-refractivity contribution in [2.75, 3.05) is 0 Å². The maximum Gasteiger partial charge on any atom is -0.00259 e. The van der Waals surface area contributed by atoms with E-state index >= 15 is 0 Å². The highest BCUT2D eigenvalue weighted by molar-refractivity contribution is 6.23. The highest BCUT2D eigenvalue weighted by Gasteiger charge is 2.18. The molecule has 10 aromatic carbocycles. The molecule has 0 aliphatic carbocycles. The van der Waals surface area contributed by atoms with Crippen LogP contribution in [0.2, 0.25) is 0 Å². The van der Waals surface area contributed by atoms with E-state index in [1.54, 1.807) is 0 Å². The first-order chi connectivity index (χ1) is 23.8. The van der Waals surface area contributed by atoms with Crippen LogP contribution in [0.25, 0.3) is 98.0 Å². The molecule has 0 N–H and O–H groups in total. The topological polar surface area (TPSA) is 0 Å². The SMILES string of the molecule is c1ccc(-c2c3ccccc3c(-c3ccc4ccccc4c3)c3cc(-c4cccc5c4ccc4cc6ccccc6cc45)ccc23)cc1. The Morgan fingerprint density at radius 3 is 1.56 bits per heavy atom. The zero-order valence-electron chi connectivity index (χ0n) is 26.3. The van der Waals surface area contributed by atoms with Gasteiger partial charge in [0, 0.05) is 0 Å². The molecule has 48 heavy (non-hydrogen) atoms. The first-order valence-electron chi connectivity index (χ1n) is 16.7. The van der Waals surface area contributed by atoms with Crippen molar-refractivity contribution in [3.8, 4) is 33.4 Å². The van der Waals surface area contributed by atoms with Crippen LogP contribution in [-0.4, -0.2) is 0 Å². The lowest BCUT2D eigenvalue weighted by Gasteiger charge is -2.19. The van der Waals surface area contributed by atoms with Gasteiger partial charge >= 0.3 is 0 Å². The lowest BCUT2D eigenvalue weighted by atomic mass is 9.84. The molecule has 0 radical (unpaired) electrons. The van der Waals surface area contributed by atoms with Gasteiger partial charge < -0.3 is 0 Å². The standard InChI is InChI=1S/C48H30/c1-2-12-32(13-3-1)47-42-17-8-9-18-43(42)48(38-22-21-31-11-4-5-14-33(31)28-38)46-30-37(24-26-44(46)47)39-19-10-20-40-41(39)25-23-36-27-34-15-6-7-16-35(34)29-45(36)40/h1-30H. The van der Waals surface area contributed by atoms with Crippen LogP contribution in [0, 0.1) is 0 Å². The van der Waals surface area contributed by atoms with Gasteiger partial charge in [0.25, 0.3) is 0 Å². The molecule has 0 heteroatoms. The Balaban J connectivity index is 1.30. The minimum Gasteiger partial charge on any atom is -0.0622 e. The molecule has 0 heterocycles. The Morgan fingerprint density at radius 2 is 0.771 bits per heavy atom. The van der Waals surface area contributed by atoms with Gasteiger partial charge in [-0.1, -0.05) is 158 Å². The fraction of sp³-hybridized carbons (Fsp3) is 0. The molecule has 0 aliphatic rings. The third-order valence-electron chi connectivity index (χ3n) is 10.2. The molecule has 0 saturated carbocycles. The third kappa shape index (κ3) is 4.16. The van der Waals surface area contributed by atoms with Gasteiger partial charge in [-0.05, 0) is 122 Å². The Morgan fingerprint density at radius 1 is 0.208 bits per heavy atom. The number of fused-ring (bicyclic) bond motifs is 7. The van der Waals surface area contributed by atoms with E-state index < -0.39 is 0 Å². The molecule has 0 atom stereocenters. The Labute approximate surface area is 279 Å². The van der Waals surface area contributed by atoms with Gasteiger partial charge in [0.05, 0.1) is 0 Å². The fourth-order valence-corrected chi connectivity index (χ4v) is 7.95. The molecule has 10 rings (SSSR count). The number of hydrogen-bond donors (Lipinski definition) is 0. The number of rotatable bonds is 3. The molecule has 0 fully saturated rings. The van der Waals surface area contributed by atoms with Crippen molar-refractivity contribution in [1.82, 2.24) is 0 Å². The average molecular weight is 607 g/mol. The fourth-order valence-electron chi connectivity index (χ4n) is 7.95. The van der Waals surface area contributed by atoms with Gasteiger partial charge in [0.2, 0.25) is 0 Å². The van der Waals surface area contributed by atoms with Crippen LogP contribution < -0.4 is 0 Å². The second kappa shape index (κ2) is 10.7. The van der Waals surface area contributed by atoms with Crippen molar-refractivity contribution in [2.24, 2.45) is 0 Å². The summed E-state index contributed by atoms with van der Waals surface area (Å²) in [6.45, 7) is 0. The van der Waals surface area contributed by atoms with Gasteiger partial charge in [0.1, 0.15) is 0 Å². The maximum atomic E-state index is 2.44. The maximum absolute atomic E-state index is 2.44. The van der Waals surface area contributed by atoms with Gasteiger partial charge in [-0.3, -0.25) is 0 Å². The Bertz CT molecular complexity index is 2880. The lowest BCUT2D eigenvalue weighted by Crippen LogP contribution is -1.92. The summed E-state index contributed by atoms with van der Waals surface area (Å²) in [4.78, 5) is 0. The molecule has 0 amide bonds. The molecule has 0 unspecified atom stereocenters. The predicted octanol–water partition coefficient (Wildman–Crippen LogP) is 13.6. The van der Waals surface area contributed by atoms with Crippen molar-refractivity contribution in [3.63, 3.8) is 0 Å². The van der Waals surface area contributed by atoms with Crippen molar-refractivity contribution in [2.45, 2.75) is 0 Å². The van der Waals surface area contributed by atoms with Crippen LogP contribution in [0.4, 0.5) is 0 Å². The van der Waals surface area contributed by atoms with Gasteiger partial charge in [-0.15, -0.1) is 0 Å². The van der Waals surface area contributed by atoms with Crippen LogP contribution in [0.5, 0.6) is 0 Å². The van der Waals surface area contributed by atoms with Crippen LogP contribution in [0.15, 0.2) is 182 Å². The van der Waals surface area contributed by atoms with Crippen molar-refractivity contribution in [1.29, 1.82) is 0 Å². The summed E-state index contributed by atoms with van der Waals surface area (Å²) >= 11 is 0. The summed E-state index contributed by atoms with van der Waals surface area (Å²) in [6.07, 6.45) is 0. The first kappa shape index (κ1) is 26.9. The molecule has 10 aromatic rings. The number of hydrogen-bond acceptors (Lipinski definition) is 0. The minimum atomic E-state index is 1.23. The highest BCUT2D eigenvalue weighted by atomic mass is 14.2. The van der Waals surface area contributed by atoms with Crippen molar-refractivity contribution < 1.29 is 0 Å². The van der Waals surface area contributed by atoms with E-state index in [0.29, 0.717) is 0 Å². The van der Waals surface area contributed by atoms with E-state index in [1.807, 2.05) is 0 Å². The Kier molecular flexibility index (Phi) is 5.98. The number of benzene rings is 10. The molecular formula is C48H30. The smallest absolute Gasteiger partial charge is 0.00259 e. The summed E-state index contributed by atoms with van der Waals surface area (Å²) in [6, 6.07) is 67.2. The zero-order chi connectivity index (χ0) is 31.6. The van der Waals surface area contributed by atoms with E-state index in [0.717, 1.165) is 0 Å². The summed E-state index contributed by atoms with van der Waals surface area (Å²) < 4.78 is 0. The molecule has 222 valence electrons. The summed E-state index contributed by atoms with van der Waals surface area (Å²) in [7, 11) is 0. The average Bonchev–Trinajstić information content (AvgIpc) is 3.15. The molecule has 0 nitrogen and oxygen atoms in total. The third-order valence-corrected chi connectivity index (χ3v) is 10.2. The van der Waals surface area contributed by atoms with Gasteiger partial charge in [-0.25, -0.2) is 0 Å². The second-order valence-corrected chi connectivity index (χ2v) is 12.9. The predicted molar refractivity (Wildman–Crippen MR) is 208 cm³/mol. The van der Waals surface area contributed by atoms with E-state index in [9.17, 15) is 0 Å². The lowest BCUT2D eigenvalue weighted by molar-refractivity contribution is 1.65. The van der Waals surface area contributed by atoms with E-state index in [1.165, 1.54) is 98.0 Å². The molecule has 0 aromatic heterocycles. The highest BCUT2D eigenvalue weighted by Crippen LogP contribution is 2.46. The molecule has 0 bridgehead atoms. The molecule has 0 saturated heterocycles. The quantitative estimate of drug-likeness (QED) is 0.139. The van der Waals surface area contributed by atoms with Crippen molar-refractivity contribution in [3.05, 3.63) is 182 Å². The van der Waals surface area contributed by atoms with Crippen LogP contribution in [-0.2, 0) is 0 Å². The van der Waals surface area contributed by atoms with Crippen LogP contribution in [0.3, 0.4) is 0 Å². The summed E-state index contributed by atoms with van der Waals surface area (Å²) in [5.41, 5.74) is 7.52. The summed E-state index contributed by atoms with van der Waals surface area (Å²) in [5.74, 6) is 0. The van der Waals surface area contributed by atoms with E-state index in [-0.39, 0.29) is 0 Å². The summed E-state index contributed by atoms with van der Waals surface area (Å²) in [5, 5.41) is 15.3. The zero-order valence-corrected chi connectivity index (χ0v) is 26.3. The van der Waals surface area contributed by atoms with Gasteiger partial charge in [0.15, 0.2) is 0 Å². The van der Waals surface area contributed by atoms with Crippen LogP contribution in [0.1, 0.15) is 0 Å². The first-order valence-corrected chi connectivity index (χ1v) is 16.7. The molecule has 0 aliphatic heterocycles. The van der Waals surface area contributed by atoms with E-state index in [4.69, 9.17) is 0 Å². The minimum absolute atomic E-state index is 1.23. The van der Waals surface area contributed by atoms with Crippen LogP contribution >= 0.6 is 0 Å². The molecular weight excluding hydrogens is 577 g/mol. The van der Waals surface area contributed by atoms with Gasteiger partial charge in [-0.2, -0.15) is 0 Å². The largest absolute Gasteiger partial charge is 0.0622 e. The Hall–Kier alpha value is -6.24. The van der Waals surface area contributed by atoms with Crippen molar-refractivity contribution >= 4 is 64.6 Å². The second-order valence-electron chi connectivity index (χ2n) is 12.9. The normalized spacial score (nSPS) is 11.8.